The number of likely N-dealkylation sites (N-methyl/N-ethyl adjacent to an activating group) is 2. The van der Waals surface area contributed by atoms with E-state index in [0.29, 0.717) is 0 Å². The minimum absolute atomic E-state index is 0.114. The van der Waals surface area contributed by atoms with E-state index >= 15 is 0 Å². The van der Waals surface area contributed by atoms with Gasteiger partial charge in [0.1, 0.15) is 5.82 Å². The minimum atomic E-state index is -0.114. The van der Waals surface area contributed by atoms with E-state index < -0.39 is 0 Å². The Morgan fingerprint density at radius 1 is 1.24 bits per heavy atom. The summed E-state index contributed by atoms with van der Waals surface area (Å²) in [6, 6.07) is 5.84. The van der Waals surface area contributed by atoms with Crippen LogP contribution in [-0.2, 0) is 0 Å². The van der Waals surface area contributed by atoms with Crippen molar-refractivity contribution in [3.8, 4) is 0 Å². The highest BCUT2D eigenvalue weighted by Crippen LogP contribution is 2.42. The van der Waals surface area contributed by atoms with Gasteiger partial charge in [0, 0.05) is 5.54 Å². The van der Waals surface area contributed by atoms with E-state index in [4.69, 9.17) is 0 Å². The molecular formula is C18H29FN2. The molecule has 0 amide bonds. The molecule has 0 heterocycles. The van der Waals surface area contributed by atoms with Gasteiger partial charge >= 0.3 is 0 Å². The van der Waals surface area contributed by atoms with E-state index in [1.165, 1.54) is 37.7 Å². The summed E-state index contributed by atoms with van der Waals surface area (Å²) < 4.78 is 13.6. The van der Waals surface area contributed by atoms with Crippen LogP contribution in [0.15, 0.2) is 18.2 Å². The molecule has 1 N–H and O–H groups in total. The zero-order valence-corrected chi connectivity index (χ0v) is 13.9. The normalized spacial score (nSPS) is 19.7. The maximum absolute atomic E-state index is 13.6. The molecule has 0 bridgehead atoms. The highest BCUT2D eigenvalue weighted by atomic mass is 19.1. The van der Waals surface area contributed by atoms with Gasteiger partial charge in [0.2, 0.25) is 0 Å². The van der Waals surface area contributed by atoms with Crippen molar-refractivity contribution in [2.75, 3.05) is 20.6 Å². The van der Waals surface area contributed by atoms with Crippen molar-refractivity contribution in [3.63, 3.8) is 0 Å². The molecule has 0 spiro atoms. The third-order valence-electron chi connectivity index (χ3n) is 5.07. The lowest BCUT2D eigenvalue weighted by atomic mass is 9.73. The molecule has 2 rings (SSSR count). The van der Waals surface area contributed by atoms with E-state index in [9.17, 15) is 4.39 Å². The molecule has 1 aromatic carbocycles. The molecule has 1 atom stereocenters. The first kappa shape index (κ1) is 16.4. The van der Waals surface area contributed by atoms with Crippen LogP contribution in [0.1, 0.15) is 56.2 Å². The van der Waals surface area contributed by atoms with E-state index in [-0.39, 0.29) is 17.4 Å². The van der Waals surface area contributed by atoms with Crippen molar-refractivity contribution in [1.29, 1.82) is 0 Å². The fourth-order valence-corrected chi connectivity index (χ4v) is 3.83. The monoisotopic (exact) mass is 292 g/mol. The fraction of sp³-hybridized carbons (Fsp3) is 0.667. The maximum atomic E-state index is 13.6. The third-order valence-corrected chi connectivity index (χ3v) is 5.07. The Morgan fingerprint density at radius 2 is 1.90 bits per heavy atom. The molecule has 21 heavy (non-hydrogen) atoms. The maximum Gasteiger partial charge on any atom is 0.126 e. The van der Waals surface area contributed by atoms with Gasteiger partial charge in [-0.25, -0.2) is 4.39 Å². The lowest BCUT2D eigenvalue weighted by Gasteiger charge is -2.49. The van der Waals surface area contributed by atoms with Crippen molar-refractivity contribution in [2.45, 2.75) is 57.5 Å². The fourth-order valence-electron chi connectivity index (χ4n) is 3.83. The summed E-state index contributed by atoms with van der Waals surface area (Å²) >= 11 is 0. The van der Waals surface area contributed by atoms with Crippen LogP contribution in [0.4, 0.5) is 4.39 Å². The van der Waals surface area contributed by atoms with Crippen LogP contribution >= 0.6 is 0 Å². The molecule has 1 saturated carbocycles. The molecule has 0 saturated heterocycles. The van der Waals surface area contributed by atoms with E-state index in [1.54, 1.807) is 6.07 Å². The predicted molar refractivity (Wildman–Crippen MR) is 87.1 cm³/mol. The molecule has 118 valence electrons. The second-order valence-electron chi connectivity index (χ2n) is 6.56. The number of aryl methyl sites for hydroxylation is 1. The summed E-state index contributed by atoms with van der Waals surface area (Å²) in [5, 5.41) is 3.67. The minimum Gasteiger partial charge on any atom is -0.309 e. The average Bonchev–Trinajstić information content (AvgIpc) is 2.48. The lowest BCUT2D eigenvalue weighted by Crippen LogP contribution is -2.54. The van der Waals surface area contributed by atoms with Crippen molar-refractivity contribution in [1.82, 2.24) is 10.2 Å². The molecule has 0 aromatic heterocycles. The van der Waals surface area contributed by atoms with Gasteiger partial charge in [-0.05, 0) is 57.6 Å². The van der Waals surface area contributed by atoms with Crippen LogP contribution < -0.4 is 5.32 Å². The number of nitrogens with one attached hydrogen (secondary N) is 1. The Hall–Kier alpha value is -0.930. The second kappa shape index (κ2) is 6.89. The molecule has 0 radical (unpaired) electrons. The van der Waals surface area contributed by atoms with Gasteiger partial charge < -0.3 is 10.2 Å². The number of halogens is 1. The summed E-state index contributed by atoms with van der Waals surface area (Å²) in [6.07, 6.45) is 6.29. The Balaban J connectivity index is 2.41. The topological polar surface area (TPSA) is 15.3 Å². The number of rotatable bonds is 5. The van der Waals surface area contributed by atoms with Gasteiger partial charge in [0.05, 0.1) is 6.04 Å². The summed E-state index contributed by atoms with van der Waals surface area (Å²) in [6.45, 7) is 4.93. The van der Waals surface area contributed by atoms with Gasteiger partial charge in [-0.1, -0.05) is 38.3 Å². The molecule has 0 aliphatic heterocycles. The van der Waals surface area contributed by atoms with E-state index in [2.05, 4.69) is 31.2 Å². The van der Waals surface area contributed by atoms with Crippen LogP contribution in [0.2, 0.25) is 0 Å². The summed E-state index contributed by atoms with van der Waals surface area (Å²) in [7, 11) is 4.37. The number of hydrogen-bond donors (Lipinski definition) is 1. The van der Waals surface area contributed by atoms with Gasteiger partial charge in [0.15, 0.2) is 0 Å². The van der Waals surface area contributed by atoms with Gasteiger partial charge in [-0.3, -0.25) is 0 Å². The zero-order valence-electron chi connectivity index (χ0n) is 13.9. The van der Waals surface area contributed by atoms with E-state index in [0.717, 1.165) is 12.1 Å². The molecule has 1 aliphatic rings. The summed E-state index contributed by atoms with van der Waals surface area (Å²) in [5.74, 6) is -0.114. The van der Waals surface area contributed by atoms with Gasteiger partial charge in [0.25, 0.3) is 0 Å². The highest BCUT2D eigenvalue weighted by molar-refractivity contribution is 5.29. The average molecular weight is 292 g/mol. The molecule has 1 unspecified atom stereocenters. The number of hydrogen-bond acceptors (Lipinski definition) is 2. The SMILES string of the molecule is CCNC(c1ccc(F)c(C)c1)C1(N(C)C)CCCCC1. The number of benzene rings is 1. The molecule has 1 fully saturated rings. The first-order chi connectivity index (χ1) is 10.0. The van der Waals surface area contributed by atoms with Crippen molar-refractivity contribution in [2.24, 2.45) is 0 Å². The highest BCUT2D eigenvalue weighted by Gasteiger charge is 2.42. The zero-order chi connectivity index (χ0) is 15.5. The third kappa shape index (κ3) is 3.29. The smallest absolute Gasteiger partial charge is 0.126 e. The Kier molecular flexibility index (Phi) is 5.39. The van der Waals surface area contributed by atoms with Crippen molar-refractivity contribution in [3.05, 3.63) is 35.1 Å². The molecule has 3 heteroatoms. The standard InChI is InChI=1S/C18H29FN2/c1-5-20-17(15-9-10-16(19)14(2)13-15)18(21(3)4)11-7-6-8-12-18/h9-10,13,17,20H,5-8,11-12H2,1-4H3. The quantitative estimate of drug-likeness (QED) is 0.881. The summed E-state index contributed by atoms with van der Waals surface area (Å²) in [4.78, 5) is 2.39. The van der Waals surface area contributed by atoms with Crippen LogP contribution in [0.25, 0.3) is 0 Å². The van der Waals surface area contributed by atoms with Crippen LogP contribution in [0, 0.1) is 12.7 Å². The first-order valence-corrected chi connectivity index (χ1v) is 8.18. The number of nitrogens with zero attached hydrogens (tertiary/aromatic N) is 1. The van der Waals surface area contributed by atoms with Crippen LogP contribution in [-0.4, -0.2) is 31.1 Å². The Bertz CT molecular complexity index is 464. The van der Waals surface area contributed by atoms with Crippen molar-refractivity contribution >= 4 is 0 Å². The van der Waals surface area contributed by atoms with Crippen molar-refractivity contribution < 1.29 is 4.39 Å². The van der Waals surface area contributed by atoms with E-state index in [1.807, 2.05) is 19.1 Å². The molecule has 1 aliphatic carbocycles. The molecular weight excluding hydrogens is 263 g/mol. The Morgan fingerprint density at radius 3 is 2.43 bits per heavy atom. The first-order valence-electron chi connectivity index (χ1n) is 8.18. The van der Waals surface area contributed by atoms with Crippen LogP contribution in [0.3, 0.4) is 0 Å². The largest absolute Gasteiger partial charge is 0.309 e. The summed E-state index contributed by atoms with van der Waals surface area (Å²) in [5.41, 5.74) is 2.09. The lowest BCUT2D eigenvalue weighted by molar-refractivity contribution is 0.0570. The van der Waals surface area contributed by atoms with Gasteiger partial charge in [-0.15, -0.1) is 0 Å². The van der Waals surface area contributed by atoms with Gasteiger partial charge in [-0.2, -0.15) is 0 Å². The second-order valence-corrected chi connectivity index (χ2v) is 6.56. The predicted octanol–water partition coefficient (Wildman–Crippen LogP) is 4.05. The Labute approximate surface area is 128 Å². The molecule has 1 aromatic rings. The molecule has 2 nitrogen and oxygen atoms in total. The van der Waals surface area contributed by atoms with Crippen LogP contribution in [0.5, 0.6) is 0 Å².